The van der Waals surface area contributed by atoms with Gasteiger partial charge in [0.1, 0.15) is 0 Å². The summed E-state index contributed by atoms with van der Waals surface area (Å²) in [5, 5.41) is 15.0. The molecule has 1 aromatic carbocycles. The number of nitrogens with one attached hydrogen (secondary N) is 2. The van der Waals surface area contributed by atoms with Gasteiger partial charge in [-0.15, -0.1) is 0 Å². The molecular weight excluding hydrogens is 304 g/mol. The van der Waals surface area contributed by atoms with E-state index in [9.17, 15) is 14.7 Å². The summed E-state index contributed by atoms with van der Waals surface area (Å²) >= 11 is 0. The molecule has 5 heteroatoms. The van der Waals surface area contributed by atoms with Crippen molar-refractivity contribution in [2.75, 3.05) is 18.5 Å². The van der Waals surface area contributed by atoms with Crippen LogP contribution in [0, 0.1) is 11.3 Å². The zero-order valence-corrected chi connectivity index (χ0v) is 14.6. The SMILES string of the molecule is CCC(=O)Nc1cccc(C(=O)NCC2([C@@H](C)CCO)CCC2)c1. The van der Waals surface area contributed by atoms with E-state index < -0.39 is 0 Å². The zero-order valence-electron chi connectivity index (χ0n) is 14.6. The molecule has 132 valence electrons. The molecule has 1 atom stereocenters. The maximum absolute atomic E-state index is 12.4. The van der Waals surface area contributed by atoms with Crippen molar-refractivity contribution in [1.82, 2.24) is 5.32 Å². The highest BCUT2D eigenvalue weighted by molar-refractivity contribution is 5.97. The van der Waals surface area contributed by atoms with E-state index in [1.54, 1.807) is 31.2 Å². The van der Waals surface area contributed by atoms with Crippen molar-refractivity contribution >= 4 is 17.5 Å². The van der Waals surface area contributed by atoms with Crippen molar-refractivity contribution < 1.29 is 14.7 Å². The highest BCUT2D eigenvalue weighted by Gasteiger charge is 2.41. The molecule has 1 aliphatic carbocycles. The molecule has 1 saturated carbocycles. The van der Waals surface area contributed by atoms with Gasteiger partial charge in [0.2, 0.25) is 5.91 Å². The van der Waals surface area contributed by atoms with E-state index in [-0.39, 0.29) is 23.8 Å². The molecule has 0 aliphatic heterocycles. The fraction of sp³-hybridized carbons (Fsp3) is 0.579. The van der Waals surface area contributed by atoms with Gasteiger partial charge in [-0.3, -0.25) is 9.59 Å². The molecule has 0 radical (unpaired) electrons. The van der Waals surface area contributed by atoms with Crippen molar-refractivity contribution in [2.24, 2.45) is 11.3 Å². The zero-order chi connectivity index (χ0) is 17.6. The molecule has 2 rings (SSSR count). The minimum Gasteiger partial charge on any atom is -0.396 e. The minimum absolute atomic E-state index is 0.0705. The van der Waals surface area contributed by atoms with Gasteiger partial charge in [-0.25, -0.2) is 0 Å². The van der Waals surface area contributed by atoms with Crippen molar-refractivity contribution in [3.63, 3.8) is 0 Å². The molecule has 0 aromatic heterocycles. The predicted molar refractivity (Wildman–Crippen MR) is 94.8 cm³/mol. The first-order valence-corrected chi connectivity index (χ1v) is 8.79. The van der Waals surface area contributed by atoms with E-state index in [2.05, 4.69) is 17.6 Å². The number of rotatable bonds is 8. The summed E-state index contributed by atoms with van der Waals surface area (Å²) in [5.74, 6) is 0.204. The second-order valence-electron chi connectivity index (χ2n) is 6.79. The fourth-order valence-corrected chi connectivity index (χ4v) is 3.32. The van der Waals surface area contributed by atoms with Crippen LogP contribution in [0.3, 0.4) is 0 Å². The first-order valence-electron chi connectivity index (χ1n) is 8.79. The van der Waals surface area contributed by atoms with Crippen LogP contribution in [0.2, 0.25) is 0 Å². The van der Waals surface area contributed by atoms with Crippen LogP contribution in [0.4, 0.5) is 5.69 Å². The van der Waals surface area contributed by atoms with Crippen LogP contribution in [-0.4, -0.2) is 30.1 Å². The quantitative estimate of drug-likeness (QED) is 0.685. The number of hydrogen-bond donors (Lipinski definition) is 3. The number of aliphatic hydroxyl groups excluding tert-OH is 1. The molecule has 0 spiro atoms. The van der Waals surface area contributed by atoms with E-state index in [4.69, 9.17) is 0 Å². The maximum Gasteiger partial charge on any atom is 0.251 e. The summed E-state index contributed by atoms with van der Waals surface area (Å²) < 4.78 is 0. The lowest BCUT2D eigenvalue weighted by Gasteiger charge is -2.47. The van der Waals surface area contributed by atoms with Crippen LogP contribution in [0.1, 0.15) is 56.3 Å². The van der Waals surface area contributed by atoms with E-state index in [0.29, 0.717) is 30.1 Å². The second-order valence-corrected chi connectivity index (χ2v) is 6.79. The highest BCUT2D eigenvalue weighted by atomic mass is 16.3. The van der Waals surface area contributed by atoms with Gasteiger partial charge in [0.25, 0.3) is 5.91 Å². The van der Waals surface area contributed by atoms with Crippen LogP contribution in [0.5, 0.6) is 0 Å². The Balaban J connectivity index is 1.97. The van der Waals surface area contributed by atoms with Gasteiger partial charge in [0.05, 0.1) is 0 Å². The maximum atomic E-state index is 12.4. The van der Waals surface area contributed by atoms with Gasteiger partial charge in [-0.2, -0.15) is 0 Å². The molecule has 0 bridgehead atoms. The summed E-state index contributed by atoms with van der Waals surface area (Å²) in [7, 11) is 0. The normalized spacial score (nSPS) is 16.8. The smallest absolute Gasteiger partial charge is 0.251 e. The Morgan fingerprint density at radius 3 is 2.67 bits per heavy atom. The van der Waals surface area contributed by atoms with E-state index in [0.717, 1.165) is 19.3 Å². The third-order valence-electron chi connectivity index (χ3n) is 5.29. The Morgan fingerprint density at radius 1 is 1.33 bits per heavy atom. The third-order valence-corrected chi connectivity index (χ3v) is 5.29. The third kappa shape index (κ3) is 4.35. The van der Waals surface area contributed by atoms with Crippen LogP contribution in [-0.2, 0) is 4.79 Å². The van der Waals surface area contributed by atoms with Gasteiger partial charge >= 0.3 is 0 Å². The Morgan fingerprint density at radius 2 is 2.08 bits per heavy atom. The Bertz CT molecular complexity index is 582. The van der Waals surface area contributed by atoms with Crippen LogP contribution < -0.4 is 10.6 Å². The molecule has 3 N–H and O–H groups in total. The Hall–Kier alpha value is -1.88. The van der Waals surface area contributed by atoms with Crippen LogP contribution in [0.25, 0.3) is 0 Å². The van der Waals surface area contributed by atoms with E-state index in [1.807, 2.05) is 0 Å². The first kappa shape index (κ1) is 18.5. The topological polar surface area (TPSA) is 78.4 Å². The number of carbonyl (C=O) groups is 2. The Kier molecular flexibility index (Phi) is 6.37. The molecule has 1 aliphatic rings. The predicted octanol–water partition coefficient (Wildman–Crippen LogP) is 2.95. The Labute approximate surface area is 143 Å². The van der Waals surface area contributed by atoms with Crippen molar-refractivity contribution in [3.8, 4) is 0 Å². The van der Waals surface area contributed by atoms with Gasteiger partial charge in [0, 0.05) is 30.8 Å². The molecule has 1 fully saturated rings. The van der Waals surface area contributed by atoms with Gasteiger partial charge in [-0.1, -0.05) is 26.3 Å². The standard InChI is InChI=1S/C19H28N2O3/c1-3-17(23)21-16-7-4-6-15(12-16)18(24)20-13-19(9-5-10-19)14(2)8-11-22/h4,6-7,12,14,22H,3,5,8-11,13H2,1-2H3,(H,20,24)(H,21,23)/t14-/m0/s1. The van der Waals surface area contributed by atoms with E-state index >= 15 is 0 Å². The number of benzene rings is 1. The highest BCUT2D eigenvalue weighted by Crippen LogP contribution is 2.47. The summed E-state index contributed by atoms with van der Waals surface area (Å²) in [6, 6.07) is 7.00. The molecule has 0 heterocycles. The van der Waals surface area contributed by atoms with Gasteiger partial charge < -0.3 is 15.7 Å². The average Bonchev–Trinajstić information content (AvgIpc) is 2.54. The first-order chi connectivity index (χ1) is 11.5. The van der Waals surface area contributed by atoms with Crippen LogP contribution in [0.15, 0.2) is 24.3 Å². The number of amides is 2. The summed E-state index contributed by atoms with van der Waals surface area (Å²) in [6.07, 6.45) is 4.56. The summed E-state index contributed by atoms with van der Waals surface area (Å²) in [6.45, 7) is 4.77. The second kappa shape index (κ2) is 8.29. The lowest BCUT2D eigenvalue weighted by Crippen LogP contribution is -2.46. The summed E-state index contributed by atoms with van der Waals surface area (Å²) in [5.41, 5.74) is 1.31. The molecule has 0 unspecified atom stereocenters. The van der Waals surface area contributed by atoms with Crippen molar-refractivity contribution in [3.05, 3.63) is 29.8 Å². The van der Waals surface area contributed by atoms with Gasteiger partial charge in [0.15, 0.2) is 0 Å². The number of aliphatic hydroxyl groups is 1. The number of anilines is 1. The largest absolute Gasteiger partial charge is 0.396 e. The lowest BCUT2D eigenvalue weighted by molar-refractivity contribution is -0.115. The lowest BCUT2D eigenvalue weighted by atomic mass is 9.60. The number of hydrogen-bond acceptors (Lipinski definition) is 3. The van der Waals surface area contributed by atoms with Crippen molar-refractivity contribution in [2.45, 2.75) is 46.0 Å². The molecule has 24 heavy (non-hydrogen) atoms. The van der Waals surface area contributed by atoms with Gasteiger partial charge in [-0.05, 0) is 48.8 Å². The minimum atomic E-state index is -0.120. The molecule has 1 aromatic rings. The monoisotopic (exact) mass is 332 g/mol. The molecule has 2 amide bonds. The number of carbonyl (C=O) groups excluding carboxylic acids is 2. The van der Waals surface area contributed by atoms with Crippen LogP contribution >= 0.6 is 0 Å². The summed E-state index contributed by atoms with van der Waals surface area (Å²) in [4.78, 5) is 23.9. The fourth-order valence-electron chi connectivity index (χ4n) is 3.32. The van der Waals surface area contributed by atoms with Crippen molar-refractivity contribution in [1.29, 1.82) is 0 Å². The average molecular weight is 332 g/mol. The molecular formula is C19H28N2O3. The van der Waals surface area contributed by atoms with E-state index in [1.165, 1.54) is 6.42 Å². The molecule has 0 saturated heterocycles. The molecule has 5 nitrogen and oxygen atoms in total.